The minimum atomic E-state index is -2.85. The fourth-order valence-electron chi connectivity index (χ4n) is 6.50. The number of anilines is 2. The Labute approximate surface area is 274 Å². The van der Waals surface area contributed by atoms with Gasteiger partial charge in [-0.3, -0.25) is 4.90 Å². The number of alkyl halides is 2. The first-order valence-electron chi connectivity index (χ1n) is 14.9. The summed E-state index contributed by atoms with van der Waals surface area (Å²) in [5.74, 6) is -1.98. The third kappa shape index (κ3) is 5.94. The molecule has 2 aliphatic rings. The van der Waals surface area contributed by atoms with E-state index in [9.17, 15) is 13.2 Å². The van der Waals surface area contributed by atoms with Gasteiger partial charge in [0.2, 0.25) is 5.95 Å². The first-order chi connectivity index (χ1) is 22.6. The van der Waals surface area contributed by atoms with Gasteiger partial charge in [0, 0.05) is 30.8 Å². The second-order valence-corrected chi connectivity index (χ2v) is 12.1. The Kier molecular flexibility index (Phi) is 7.93. The number of methoxy groups -OCH3 is 2. The predicted octanol–water partition coefficient (Wildman–Crippen LogP) is 6.25. The molecule has 5 aromatic rings. The Bertz CT molecular complexity index is 1910. The number of ether oxygens (including phenoxy) is 2. The summed E-state index contributed by atoms with van der Waals surface area (Å²) in [6.45, 7) is -0.0482. The lowest BCUT2D eigenvalue weighted by atomic mass is 9.81. The molecule has 2 atom stereocenters. The van der Waals surface area contributed by atoms with Crippen LogP contribution in [0.2, 0.25) is 5.15 Å². The largest absolute Gasteiger partial charge is 0.497 e. The highest BCUT2D eigenvalue weighted by Crippen LogP contribution is 2.48. The van der Waals surface area contributed by atoms with Crippen LogP contribution in [0, 0.1) is 5.82 Å². The number of rotatable bonds is 8. The molecule has 9 nitrogen and oxygen atoms in total. The fourth-order valence-corrected chi connectivity index (χ4v) is 6.65. The summed E-state index contributed by atoms with van der Waals surface area (Å²) >= 11 is 6.11. The topological polar surface area (TPSA) is 94.6 Å². The molecule has 0 aliphatic carbocycles. The van der Waals surface area contributed by atoms with Gasteiger partial charge in [-0.2, -0.15) is 4.98 Å². The van der Waals surface area contributed by atoms with E-state index in [4.69, 9.17) is 31.8 Å². The maximum atomic E-state index is 14.3. The van der Waals surface area contributed by atoms with E-state index in [1.807, 2.05) is 42.5 Å². The van der Waals surface area contributed by atoms with Gasteiger partial charge in [0.05, 0.1) is 44.7 Å². The minimum Gasteiger partial charge on any atom is -0.497 e. The quantitative estimate of drug-likeness (QED) is 0.209. The Hall–Kier alpha value is -4.81. The lowest BCUT2D eigenvalue weighted by Crippen LogP contribution is -2.57. The van der Waals surface area contributed by atoms with Gasteiger partial charge in [0.25, 0.3) is 5.92 Å². The smallest absolute Gasteiger partial charge is 0.282 e. The molecular formula is C34H31ClF3N7O2. The van der Waals surface area contributed by atoms with Gasteiger partial charge in [-0.25, -0.2) is 23.1 Å². The van der Waals surface area contributed by atoms with Crippen molar-refractivity contribution in [1.82, 2.24) is 24.4 Å². The van der Waals surface area contributed by atoms with Crippen molar-refractivity contribution in [3.63, 3.8) is 0 Å². The highest BCUT2D eigenvalue weighted by Gasteiger charge is 2.48. The van der Waals surface area contributed by atoms with Crippen molar-refractivity contribution >= 4 is 23.4 Å². The van der Waals surface area contributed by atoms with E-state index in [1.54, 1.807) is 48.3 Å². The van der Waals surface area contributed by atoms with Crippen molar-refractivity contribution in [1.29, 1.82) is 0 Å². The normalized spacial score (nSPS) is 18.8. The maximum absolute atomic E-state index is 14.3. The molecule has 2 aliphatic heterocycles. The molecule has 0 spiro atoms. The third-order valence-corrected chi connectivity index (χ3v) is 8.86. The Balaban J connectivity index is 1.43. The molecule has 47 heavy (non-hydrogen) atoms. The van der Waals surface area contributed by atoms with Crippen molar-refractivity contribution in [3.05, 3.63) is 118 Å². The van der Waals surface area contributed by atoms with Gasteiger partial charge in [-0.15, -0.1) is 0 Å². The molecule has 0 bridgehead atoms. The van der Waals surface area contributed by atoms with Crippen molar-refractivity contribution in [2.24, 2.45) is 0 Å². The number of hydrogen-bond donors (Lipinski definition) is 1. The molecule has 1 saturated heterocycles. The first kappa shape index (κ1) is 30.8. The number of nitrogen functional groups attached to an aromatic ring is 1. The van der Waals surface area contributed by atoms with E-state index in [2.05, 4.69) is 14.9 Å². The van der Waals surface area contributed by atoms with Crippen LogP contribution in [-0.2, 0) is 6.54 Å². The number of hydrogen-bond acceptors (Lipinski definition) is 8. The van der Waals surface area contributed by atoms with Crippen LogP contribution >= 0.6 is 11.6 Å². The molecule has 2 aromatic heterocycles. The minimum absolute atomic E-state index is 0.0200. The van der Waals surface area contributed by atoms with Gasteiger partial charge < -0.3 is 24.7 Å². The van der Waals surface area contributed by atoms with E-state index in [0.717, 1.165) is 22.4 Å². The van der Waals surface area contributed by atoms with Crippen LogP contribution < -0.4 is 20.1 Å². The van der Waals surface area contributed by atoms with E-state index in [-0.39, 0.29) is 17.7 Å². The highest BCUT2D eigenvalue weighted by atomic mass is 35.5. The summed E-state index contributed by atoms with van der Waals surface area (Å²) in [5.41, 5.74) is 10.9. The predicted molar refractivity (Wildman–Crippen MR) is 172 cm³/mol. The van der Waals surface area contributed by atoms with Crippen LogP contribution in [0.3, 0.4) is 0 Å². The molecule has 1 fully saturated rings. The van der Waals surface area contributed by atoms with Crippen LogP contribution in [0.4, 0.5) is 24.9 Å². The molecule has 0 radical (unpaired) electrons. The second kappa shape index (κ2) is 12.1. The summed E-state index contributed by atoms with van der Waals surface area (Å²) in [5, 5.41) is 0.334. The molecule has 4 heterocycles. The number of aromatic nitrogens is 4. The molecule has 3 aromatic carbocycles. The first-order valence-corrected chi connectivity index (χ1v) is 15.3. The van der Waals surface area contributed by atoms with Crippen LogP contribution in [0.1, 0.15) is 39.9 Å². The number of fused-ring (bicyclic) bond motifs is 1. The Morgan fingerprint density at radius 3 is 2.32 bits per heavy atom. The average molecular weight is 662 g/mol. The van der Waals surface area contributed by atoms with E-state index in [0.29, 0.717) is 46.8 Å². The summed E-state index contributed by atoms with van der Waals surface area (Å²) in [7, 11) is 3.19. The SMILES string of the molecule is COc1ccc(CN2CC(c3ccc(F)cc3)c3nc(N)nc(N4CC(F)(F)C4)c3C2c2ccc(-n3cnc(Cl)c3)c(OC)c2)cc1. The van der Waals surface area contributed by atoms with Crippen LogP contribution in [0.25, 0.3) is 5.69 Å². The van der Waals surface area contributed by atoms with E-state index < -0.39 is 25.1 Å². The average Bonchev–Trinajstić information content (AvgIpc) is 3.49. The fraction of sp³-hybridized carbons (Fsp3) is 0.265. The second-order valence-electron chi connectivity index (χ2n) is 11.7. The van der Waals surface area contributed by atoms with Crippen LogP contribution in [-0.4, -0.2) is 64.2 Å². The molecule has 242 valence electrons. The summed E-state index contributed by atoms with van der Waals surface area (Å²) in [6.07, 6.45) is 3.27. The summed E-state index contributed by atoms with van der Waals surface area (Å²) in [4.78, 5) is 17.2. The van der Waals surface area contributed by atoms with Crippen LogP contribution in [0.15, 0.2) is 79.3 Å². The Morgan fingerprint density at radius 2 is 1.68 bits per heavy atom. The number of halogens is 4. The van der Waals surface area contributed by atoms with Gasteiger partial charge in [0.1, 0.15) is 34.6 Å². The zero-order valence-electron chi connectivity index (χ0n) is 25.6. The molecule has 0 saturated carbocycles. The number of benzene rings is 3. The van der Waals surface area contributed by atoms with Gasteiger partial charge in [-0.05, 0) is 53.1 Å². The van der Waals surface area contributed by atoms with Gasteiger partial charge in [0.15, 0.2) is 0 Å². The van der Waals surface area contributed by atoms with Crippen molar-refractivity contribution < 1.29 is 22.6 Å². The van der Waals surface area contributed by atoms with Crippen molar-refractivity contribution in [2.45, 2.75) is 24.4 Å². The molecular weight excluding hydrogens is 631 g/mol. The van der Waals surface area contributed by atoms with E-state index >= 15 is 0 Å². The number of nitrogens with zero attached hydrogens (tertiary/aromatic N) is 6. The zero-order chi connectivity index (χ0) is 32.9. The Morgan fingerprint density at radius 1 is 0.957 bits per heavy atom. The van der Waals surface area contributed by atoms with Gasteiger partial charge in [-0.1, -0.05) is 41.9 Å². The van der Waals surface area contributed by atoms with Crippen LogP contribution in [0.5, 0.6) is 11.5 Å². The number of nitrogens with two attached hydrogens (primary N) is 1. The lowest BCUT2D eigenvalue weighted by Gasteiger charge is -2.46. The number of imidazole rings is 1. The van der Waals surface area contributed by atoms with Crippen molar-refractivity contribution in [3.8, 4) is 17.2 Å². The van der Waals surface area contributed by atoms with E-state index in [1.165, 1.54) is 12.1 Å². The molecule has 7 rings (SSSR count). The zero-order valence-corrected chi connectivity index (χ0v) is 26.3. The molecule has 2 N–H and O–H groups in total. The lowest BCUT2D eigenvalue weighted by molar-refractivity contribution is -0.0269. The monoisotopic (exact) mass is 661 g/mol. The summed E-state index contributed by atoms with van der Waals surface area (Å²) < 4.78 is 55.7. The molecule has 2 unspecified atom stereocenters. The highest BCUT2D eigenvalue weighted by molar-refractivity contribution is 6.29. The third-order valence-electron chi connectivity index (χ3n) is 8.67. The van der Waals surface area contributed by atoms with Crippen molar-refractivity contribution in [2.75, 3.05) is 44.5 Å². The standard InChI is InChI=1S/C34H31ClF3N7O2/c1-46-24-10-3-20(4-11-24)14-43-15-25(21-5-8-23(36)9-6-21)30-29(32(42-33(39)41-30)45-17-34(37,38)18-45)31(43)22-7-12-26(27(13-22)47-2)44-16-28(35)40-19-44/h3-13,16,19,25,31H,14-15,17-18H2,1-2H3,(H2,39,41,42). The molecule has 0 amide bonds. The summed E-state index contributed by atoms with van der Waals surface area (Å²) in [6, 6.07) is 19.3. The molecule has 13 heteroatoms. The van der Waals surface area contributed by atoms with Gasteiger partial charge >= 0.3 is 0 Å². The maximum Gasteiger partial charge on any atom is 0.282 e.